The molecule has 8 heteroatoms. The first-order chi connectivity index (χ1) is 10.5. The van der Waals surface area contributed by atoms with Crippen molar-refractivity contribution in [3.8, 4) is 0 Å². The highest BCUT2D eigenvalue weighted by molar-refractivity contribution is 8.12. The lowest BCUT2D eigenvalue weighted by atomic mass is 10.2. The van der Waals surface area contributed by atoms with Crippen LogP contribution in [0.25, 0.3) is 11.2 Å². The van der Waals surface area contributed by atoms with Crippen LogP contribution in [0.5, 0.6) is 0 Å². The summed E-state index contributed by atoms with van der Waals surface area (Å²) in [5.41, 5.74) is -0.119. The zero-order valence-electron chi connectivity index (χ0n) is 13.0. The summed E-state index contributed by atoms with van der Waals surface area (Å²) in [7, 11) is 3.01. The summed E-state index contributed by atoms with van der Waals surface area (Å²) >= 11 is 1.17. The fraction of sp³-hybridized carbons (Fsp3) is 0.571. The summed E-state index contributed by atoms with van der Waals surface area (Å²) in [6.07, 6.45) is 5.06. The predicted octanol–water partition coefficient (Wildman–Crippen LogP) is 1.23. The molecule has 120 valence electrons. The Balaban J connectivity index is 2.22. The lowest BCUT2D eigenvalue weighted by Crippen LogP contribution is -2.37. The summed E-state index contributed by atoms with van der Waals surface area (Å²) in [6, 6.07) is 0. The van der Waals surface area contributed by atoms with Crippen molar-refractivity contribution >= 4 is 28.0 Å². The monoisotopic (exact) mass is 324 g/mol. The topological polar surface area (TPSA) is 78.9 Å². The Morgan fingerprint density at radius 1 is 1.23 bits per heavy atom. The van der Waals surface area contributed by atoms with E-state index in [1.807, 2.05) is 0 Å². The maximum Gasteiger partial charge on any atom is 0.332 e. The number of hydrogen-bond donors (Lipinski definition) is 0. The molecule has 0 atom stereocenters. The van der Waals surface area contributed by atoms with E-state index in [4.69, 9.17) is 0 Å². The third-order valence-electron chi connectivity index (χ3n) is 3.57. The number of hydrogen-bond acceptors (Lipinski definition) is 5. The molecule has 0 bridgehead atoms. The van der Waals surface area contributed by atoms with E-state index in [0.29, 0.717) is 23.5 Å². The van der Waals surface area contributed by atoms with Crippen LogP contribution in [-0.4, -0.2) is 23.8 Å². The van der Waals surface area contributed by atoms with Crippen molar-refractivity contribution < 1.29 is 4.79 Å². The van der Waals surface area contributed by atoms with Crippen LogP contribution in [-0.2, 0) is 24.8 Å². The van der Waals surface area contributed by atoms with Gasteiger partial charge >= 0.3 is 5.69 Å². The van der Waals surface area contributed by atoms with E-state index in [-0.39, 0.29) is 5.12 Å². The molecule has 22 heavy (non-hydrogen) atoms. The maximum absolute atomic E-state index is 12.2. The number of nitrogens with zero attached hydrogens (tertiary/aromatic N) is 4. The first-order valence-electron chi connectivity index (χ1n) is 7.23. The molecule has 0 saturated heterocycles. The zero-order chi connectivity index (χ0) is 16.3. The quantitative estimate of drug-likeness (QED) is 0.747. The summed E-state index contributed by atoms with van der Waals surface area (Å²) in [6.45, 7) is 2.09. The van der Waals surface area contributed by atoms with E-state index < -0.39 is 11.2 Å². The van der Waals surface area contributed by atoms with E-state index in [0.717, 1.165) is 23.8 Å². The molecule has 0 radical (unpaired) electrons. The number of aromatic nitrogens is 4. The Hall–Kier alpha value is -1.83. The minimum absolute atomic E-state index is 0.108. The van der Waals surface area contributed by atoms with E-state index in [1.54, 1.807) is 11.6 Å². The van der Waals surface area contributed by atoms with E-state index in [1.165, 1.54) is 29.7 Å². The van der Waals surface area contributed by atoms with Crippen LogP contribution < -0.4 is 11.2 Å². The lowest BCUT2D eigenvalue weighted by molar-refractivity contribution is -0.111. The molecule has 0 saturated carbocycles. The molecule has 7 nitrogen and oxygen atoms in total. The van der Waals surface area contributed by atoms with Gasteiger partial charge in [-0.05, 0) is 6.42 Å². The predicted molar refractivity (Wildman–Crippen MR) is 87.0 cm³/mol. The standard InChI is InChI=1S/C14H20N4O3S/c1-4-5-6-7-10(19)22-9-18-8-15-12-11(18)13(20)17(3)14(21)16(12)2/h8H,4-7,9H2,1-3H3. The minimum atomic E-state index is -0.411. The van der Waals surface area contributed by atoms with Gasteiger partial charge in [0.1, 0.15) is 0 Å². The Kier molecular flexibility index (Phi) is 5.23. The summed E-state index contributed by atoms with van der Waals surface area (Å²) in [5.74, 6) is 0.328. The molecule has 0 aliphatic carbocycles. The van der Waals surface area contributed by atoms with Crippen LogP contribution in [0.4, 0.5) is 0 Å². The van der Waals surface area contributed by atoms with Gasteiger partial charge in [-0.15, -0.1) is 0 Å². The Bertz CT molecular complexity index is 803. The number of imidazole rings is 1. The molecule has 0 N–H and O–H groups in total. The van der Waals surface area contributed by atoms with E-state index in [9.17, 15) is 14.4 Å². The second-order valence-electron chi connectivity index (χ2n) is 5.19. The van der Waals surface area contributed by atoms with Crippen LogP contribution in [0, 0.1) is 0 Å². The lowest BCUT2D eigenvalue weighted by Gasteiger charge is -2.06. The molecule has 0 amide bonds. The molecule has 0 aliphatic rings. The van der Waals surface area contributed by atoms with Gasteiger partial charge in [-0.1, -0.05) is 31.5 Å². The molecular weight excluding hydrogens is 304 g/mol. The van der Waals surface area contributed by atoms with Gasteiger partial charge in [-0.2, -0.15) is 0 Å². The highest BCUT2D eigenvalue weighted by atomic mass is 32.2. The van der Waals surface area contributed by atoms with Crippen molar-refractivity contribution in [1.29, 1.82) is 0 Å². The van der Waals surface area contributed by atoms with Gasteiger partial charge in [0.15, 0.2) is 16.3 Å². The summed E-state index contributed by atoms with van der Waals surface area (Å²) in [4.78, 5) is 40.0. The number of aryl methyl sites for hydroxylation is 1. The number of carbonyl (C=O) groups is 1. The smallest absolute Gasteiger partial charge is 0.314 e. The molecule has 0 spiro atoms. The van der Waals surface area contributed by atoms with Crippen LogP contribution in [0.1, 0.15) is 32.6 Å². The molecule has 2 heterocycles. The number of unbranched alkanes of at least 4 members (excludes halogenated alkanes) is 2. The highest BCUT2D eigenvalue weighted by Crippen LogP contribution is 2.15. The number of fused-ring (bicyclic) bond motifs is 1. The third-order valence-corrected chi connectivity index (χ3v) is 4.50. The fourth-order valence-electron chi connectivity index (χ4n) is 2.23. The van der Waals surface area contributed by atoms with Gasteiger partial charge in [0.05, 0.1) is 12.2 Å². The molecular formula is C14H20N4O3S. The van der Waals surface area contributed by atoms with Crippen LogP contribution >= 0.6 is 11.8 Å². The maximum atomic E-state index is 12.2. The molecule has 0 fully saturated rings. The number of thioether (sulfide) groups is 1. The third kappa shape index (κ3) is 3.16. The molecule has 2 aromatic rings. The second kappa shape index (κ2) is 6.95. The Morgan fingerprint density at radius 3 is 2.64 bits per heavy atom. The van der Waals surface area contributed by atoms with Gasteiger partial charge < -0.3 is 4.57 Å². The zero-order valence-corrected chi connectivity index (χ0v) is 13.9. The molecule has 2 aromatic heterocycles. The summed E-state index contributed by atoms with van der Waals surface area (Å²) < 4.78 is 4.01. The average Bonchev–Trinajstić information content (AvgIpc) is 2.93. The molecule has 0 aromatic carbocycles. The molecule has 2 rings (SSSR count). The molecule has 0 aliphatic heterocycles. The SMILES string of the molecule is CCCCCC(=O)SCn1cnc2c1c(=O)n(C)c(=O)n2C. The van der Waals surface area contributed by atoms with Crippen LogP contribution in [0.15, 0.2) is 15.9 Å². The van der Waals surface area contributed by atoms with E-state index in [2.05, 4.69) is 11.9 Å². The van der Waals surface area contributed by atoms with Gasteiger partial charge in [0.25, 0.3) is 5.56 Å². The first kappa shape index (κ1) is 16.5. The summed E-state index contributed by atoms with van der Waals surface area (Å²) in [5, 5.41) is 0.108. The highest BCUT2D eigenvalue weighted by Gasteiger charge is 2.14. The number of carbonyl (C=O) groups excluding carboxylic acids is 1. The Labute approximate surface area is 132 Å². The normalized spacial score (nSPS) is 11.2. The molecule has 0 unspecified atom stereocenters. The van der Waals surface area contributed by atoms with Crippen molar-refractivity contribution in [3.63, 3.8) is 0 Å². The Morgan fingerprint density at radius 2 is 1.95 bits per heavy atom. The first-order valence-corrected chi connectivity index (χ1v) is 8.22. The second-order valence-corrected chi connectivity index (χ2v) is 6.20. The van der Waals surface area contributed by atoms with Crippen LogP contribution in [0.3, 0.4) is 0 Å². The number of rotatable bonds is 6. The fourth-order valence-corrected chi connectivity index (χ4v) is 3.00. The van der Waals surface area contributed by atoms with E-state index >= 15 is 0 Å². The van der Waals surface area contributed by atoms with Crippen LogP contribution in [0.2, 0.25) is 0 Å². The van der Waals surface area contributed by atoms with Crippen molar-refractivity contribution in [3.05, 3.63) is 27.2 Å². The van der Waals surface area contributed by atoms with Gasteiger partial charge in [0.2, 0.25) is 0 Å². The van der Waals surface area contributed by atoms with Gasteiger partial charge in [-0.3, -0.25) is 18.7 Å². The van der Waals surface area contributed by atoms with Crippen molar-refractivity contribution in [1.82, 2.24) is 18.7 Å². The van der Waals surface area contributed by atoms with Crippen molar-refractivity contribution in [2.24, 2.45) is 14.1 Å². The van der Waals surface area contributed by atoms with Crippen molar-refractivity contribution in [2.75, 3.05) is 0 Å². The average molecular weight is 324 g/mol. The largest absolute Gasteiger partial charge is 0.332 e. The van der Waals surface area contributed by atoms with Gasteiger partial charge in [0, 0.05) is 20.5 Å². The minimum Gasteiger partial charge on any atom is -0.314 e. The van der Waals surface area contributed by atoms with Crippen molar-refractivity contribution in [2.45, 2.75) is 38.5 Å². The van der Waals surface area contributed by atoms with Gasteiger partial charge in [-0.25, -0.2) is 9.78 Å².